The van der Waals surface area contributed by atoms with Gasteiger partial charge in [-0.05, 0) is 90.9 Å². The number of H-pyrrole nitrogens is 2. The van der Waals surface area contributed by atoms with E-state index in [0.717, 1.165) is 55.7 Å². The number of nitrogens with zero attached hydrogens (tertiary/aromatic N) is 3. The standard InChI is InChI=1S/C29H26N6OS/c1-17-9-19(11-20(10-17)31-28(36)15-35(2)3)25-13-23-27(14-30-25)33-34-29(23)26-12-22-21(18-7-8-37-16-18)5-4-6-24(22)32-26/h4-14,16,32H,15H2,1-3H3,(H,31,36)(H,33,34). The Kier molecular flexibility index (Phi) is 5.82. The maximum absolute atomic E-state index is 12.3. The smallest absolute Gasteiger partial charge is 0.238 e. The first-order chi connectivity index (χ1) is 17.9. The van der Waals surface area contributed by atoms with E-state index in [-0.39, 0.29) is 5.91 Å². The summed E-state index contributed by atoms with van der Waals surface area (Å²) < 4.78 is 0. The normalized spacial score (nSPS) is 11.6. The number of hydrogen-bond acceptors (Lipinski definition) is 5. The zero-order chi connectivity index (χ0) is 25.5. The second-order valence-corrected chi connectivity index (χ2v) is 10.3. The summed E-state index contributed by atoms with van der Waals surface area (Å²) in [6.45, 7) is 2.34. The van der Waals surface area contributed by atoms with E-state index in [2.05, 4.69) is 78.7 Å². The molecular weight excluding hydrogens is 480 g/mol. The van der Waals surface area contributed by atoms with Crippen LogP contribution in [-0.2, 0) is 4.79 Å². The van der Waals surface area contributed by atoms with Crippen molar-refractivity contribution in [3.05, 3.63) is 77.1 Å². The second-order valence-electron chi connectivity index (χ2n) is 9.52. The third-order valence-electron chi connectivity index (χ3n) is 6.32. The molecule has 0 atom stereocenters. The summed E-state index contributed by atoms with van der Waals surface area (Å²) in [5, 5.41) is 17.2. The number of pyridine rings is 1. The number of aromatic nitrogens is 4. The number of nitrogens with one attached hydrogen (secondary N) is 3. The molecule has 0 unspecified atom stereocenters. The molecular formula is C29H26N6OS. The molecule has 0 aliphatic rings. The summed E-state index contributed by atoms with van der Waals surface area (Å²) in [7, 11) is 3.75. The van der Waals surface area contributed by atoms with Gasteiger partial charge in [0.05, 0.1) is 29.6 Å². The number of rotatable bonds is 6. The van der Waals surface area contributed by atoms with Crippen molar-refractivity contribution in [1.82, 2.24) is 25.1 Å². The lowest BCUT2D eigenvalue weighted by Gasteiger charge is -2.12. The molecule has 2 aromatic carbocycles. The SMILES string of the molecule is Cc1cc(NC(=O)CN(C)C)cc(-c2cc3c(-c4cc5c(-c6ccsc6)cccc5[nH]4)n[nH]c3cn2)c1. The van der Waals surface area contributed by atoms with Gasteiger partial charge in [0.15, 0.2) is 0 Å². The number of fused-ring (bicyclic) bond motifs is 2. The number of amides is 1. The number of likely N-dealkylation sites (N-methyl/N-ethyl adjacent to an activating group) is 1. The van der Waals surface area contributed by atoms with Crippen LogP contribution >= 0.6 is 11.3 Å². The van der Waals surface area contributed by atoms with E-state index in [4.69, 9.17) is 0 Å². The predicted molar refractivity (Wildman–Crippen MR) is 152 cm³/mol. The number of aromatic amines is 2. The van der Waals surface area contributed by atoms with Crippen molar-refractivity contribution >= 4 is 44.7 Å². The summed E-state index contributed by atoms with van der Waals surface area (Å²) in [5.41, 5.74) is 9.70. The zero-order valence-electron chi connectivity index (χ0n) is 20.8. The molecule has 0 radical (unpaired) electrons. The van der Waals surface area contributed by atoms with Crippen LogP contribution in [0.4, 0.5) is 5.69 Å². The minimum atomic E-state index is -0.0530. The Hall–Kier alpha value is -4.27. The molecule has 4 aromatic heterocycles. The molecule has 8 heteroatoms. The Morgan fingerprint density at radius 2 is 1.92 bits per heavy atom. The fourth-order valence-corrected chi connectivity index (χ4v) is 5.38. The topological polar surface area (TPSA) is 89.7 Å². The molecule has 37 heavy (non-hydrogen) atoms. The molecule has 0 spiro atoms. The number of hydrogen-bond donors (Lipinski definition) is 3. The van der Waals surface area contributed by atoms with Crippen molar-refractivity contribution < 1.29 is 4.79 Å². The van der Waals surface area contributed by atoms with Crippen molar-refractivity contribution in [2.24, 2.45) is 0 Å². The largest absolute Gasteiger partial charge is 0.353 e. The van der Waals surface area contributed by atoms with E-state index in [1.54, 1.807) is 11.3 Å². The molecule has 1 amide bonds. The van der Waals surface area contributed by atoms with E-state index < -0.39 is 0 Å². The number of carbonyl (C=O) groups excluding carboxylic acids is 1. The summed E-state index contributed by atoms with van der Waals surface area (Å²) in [5.74, 6) is -0.0530. The minimum Gasteiger partial charge on any atom is -0.353 e. The van der Waals surface area contributed by atoms with Crippen molar-refractivity contribution in [1.29, 1.82) is 0 Å². The maximum atomic E-state index is 12.3. The fraction of sp³-hybridized carbons (Fsp3) is 0.138. The lowest BCUT2D eigenvalue weighted by atomic mass is 10.0. The summed E-state index contributed by atoms with van der Waals surface area (Å²) in [6, 6.07) is 18.7. The second kappa shape index (κ2) is 9.31. The van der Waals surface area contributed by atoms with Crippen LogP contribution in [0.5, 0.6) is 0 Å². The van der Waals surface area contributed by atoms with Gasteiger partial charge in [0.25, 0.3) is 0 Å². The minimum absolute atomic E-state index is 0.0530. The molecule has 4 heterocycles. The highest BCUT2D eigenvalue weighted by molar-refractivity contribution is 7.08. The molecule has 0 aliphatic carbocycles. The molecule has 184 valence electrons. The van der Waals surface area contributed by atoms with Crippen molar-refractivity contribution in [2.45, 2.75) is 6.92 Å². The first-order valence-corrected chi connectivity index (χ1v) is 12.9. The fourth-order valence-electron chi connectivity index (χ4n) is 4.72. The third-order valence-corrected chi connectivity index (χ3v) is 7.00. The van der Waals surface area contributed by atoms with E-state index in [0.29, 0.717) is 6.54 Å². The van der Waals surface area contributed by atoms with Crippen LogP contribution in [0.15, 0.2) is 71.6 Å². The van der Waals surface area contributed by atoms with Crippen LogP contribution in [0, 0.1) is 6.92 Å². The number of benzene rings is 2. The van der Waals surface area contributed by atoms with Crippen LogP contribution in [-0.4, -0.2) is 51.6 Å². The van der Waals surface area contributed by atoms with Crippen molar-refractivity contribution in [3.8, 4) is 33.8 Å². The van der Waals surface area contributed by atoms with E-state index in [1.807, 2.05) is 44.2 Å². The Morgan fingerprint density at radius 3 is 2.73 bits per heavy atom. The molecule has 6 aromatic rings. The Bertz CT molecular complexity index is 1750. The van der Waals surface area contributed by atoms with Gasteiger partial charge < -0.3 is 15.2 Å². The summed E-state index contributed by atoms with van der Waals surface area (Å²) in [4.78, 5) is 22.4. The van der Waals surface area contributed by atoms with Gasteiger partial charge >= 0.3 is 0 Å². The monoisotopic (exact) mass is 506 g/mol. The van der Waals surface area contributed by atoms with Crippen LogP contribution < -0.4 is 5.32 Å². The van der Waals surface area contributed by atoms with E-state index in [1.165, 1.54) is 11.1 Å². The lowest BCUT2D eigenvalue weighted by molar-refractivity contribution is -0.116. The van der Waals surface area contributed by atoms with Gasteiger partial charge in [0, 0.05) is 27.5 Å². The quantitative estimate of drug-likeness (QED) is 0.247. The highest BCUT2D eigenvalue weighted by atomic mass is 32.1. The molecule has 3 N–H and O–H groups in total. The number of anilines is 1. The molecule has 0 bridgehead atoms. The first kappa shape index (κ1) is 23.1. The first-order valence-electron chi connectivity index (χ1n) is 12.0. The van der Waals surface area contributed by atoms with Crippen LogP contribution in [0.1, 0.15) is 5.56 Å². The number of carbonyl (C=O) groups is 1. The Morgan fingerprint density at radius 1 is 1.03 bits per heavy atom. The molecule has 0 saturated carbocycles. The summed E-state index contributed by atoms with van der Waals surface area (Å²) in [6.07, 6.45) is 1.81. The van der Waals surface area contributed by atoms with Gasteiger partial charge in [-0.3, -0.25) is 14.9 Å². The molecule has 0 aliphatic heterocycles. The van der Waals surface area contributed by atoms with Gasteiger partial charge in [-0.1, -0.05) is 12.1 Å². The Labute approximate surface area is 218 Å². The van der Waals surface area contributed by atoms with Crippen LogP contribution in [0.3, 0.4) is 0 Å². The highest BCUT2D eigenvalue weighted by Gasteiger charge is 2.15. The van der Waals surface area contributed by atoms with Gasteiger partial charge in [-0.2, -0.15) is 16.4 Å². The van der Waals surface area contributed by atoms with Crippen LogP contribution in [0.2, 0.25) is 0 Å². The van der Waals surface area contributed by atoms with Crippen molar-refractivity contribution in [3.63, 3.8) is 0 Å². The highest BCUT2D eigenvalue weighted by Crippen LogP contribution is 2.35. The van der Waals surface area contributed by atoms with Gasteiger partial charge in [0.2, 0.25) is 5.91 Å². The van der Waals surface area contributed by atoms with Crippen LogP contribution in [0.25, 0.3) is 55.6 Å². The average Bonchev–Trinajstić information content (AvgIpc) is 3.61. The molecule has 0 saturated heterocycles. The van der Waals surface area contributed by atoms with E-state index >= 15 is 0 Å². The van der Waals surface area contributed by atoms with Gasteiger partial charge in [-0.15, -0.1) is 0 Å². The molecule has 0 fully saturated rings. The van der Waals surface area contributed by atoms with Gasteiger partial charge in [-0.25, -0.2) is 0 Å². The van der Waals surface area contributed by atoms with Crippen molar-refractivity contribution in [2.75, 3.05) is 26.0 Å². The van der Waals surface area contributed by atoms with Gasteiger partial charge in [0.1, 0.15) is 5.69 Å². The molecule has 6 rings (SSSR count). The Balaban J connectivity index is 1.40. The van der Waals surface area contributed by atoms with E-state index in [9.17, 15) is 4.79 Å². The lowest BCUT2D eigenvalue weighted by Crippen LogP contribution is -2.27. The number of thiophene rings is 1. The zero-order valence-corrected chi connectivity index (χ0v) is 21.6. The summed E-state index contributed by atoms with van der Waals surface area (Å²) >= 11 is 1.70. The third kappa shape index (κ3) is 4.52. The maximum Gasteiger partial charge on any atom is 0.238 e. The average molecular weight is 507 g/mol. The predicted octanol–water partition coefficient (Wildman–Crippen LogP) is 6.31. The molecule has 7 nitrogen and oxygen atoms in total. The number of aryl methyl sites for hydroxylation is 1.